The molecular weight excluding hydrogens is 266 g/mol. The molecule has 0 radical (unpaired) electrons. The molecule has 0 saturated heterocycles. The van der Waals surface area contributed by atoms with E-state index in [-0.39, 0.29) is 17.5 Å². The van der Waals surface area contributed by atoms with Crippen LogP contribution >= 0.6 is 0 Å². The fourth-order valence-corrected chi connectivity index (χ4v) is 3.01. The fraction of sp³-hybridized carbons (Fsp3) is 0.333. The molecule has 0 spiro atoms. The minimum atomic E-state index is -3.58. The Morgan fingerprint density at radius 2 is 2.21 bits per heavy atom. The van der Waals surface area contributed by atoms with E-state index in [0.29, 0.717) is 11.1 Å². The molecule has 4 N–H and O–H groups in total. The summed E-state index contributed by atoms with van der Waals surface area (Å²) in [6.07, 6.45) is 1.27. The Morgan fingerprint density at radius 1 is 1.47 bits per heavy atom. The summed E-state index contributed by atoms with van der Waals surface area (Å²) >= 11 is 0. The predicted molar refractivity (Wildman–Crippen MR) is 74.4 cm³/mol. The van der Waals surface area contributed by atoms with Crippen LogP contribution in [0.2, 0.25) is 0 Å². The Bertz CT molecular complexity index is 679. The van der Waals surface area contributed by atoms with Gasteiger partial charge in [0.25, 0.3) is 0 Å². The van der Waals surface area contributed by atoms with Crippen LogP contribution in [0.4, 0.5) is 5.69 Å². The van der Waals surface area contributed by atoms with E-state index in [1.165, 1.54) is 13.3 Å². The van der Waals surface area contributed by atoms with Gasteiger partial charge in [0.05, 0.1) is 6.10 Å². The van der Waals surface area contributed by atoms with E-state index in [2.05, 4.69) is 9.71 Å². The van der Waals surface area contributed by atoms with Crippen molar-refractivity contribution in [3.8, 4) is 0 Å². The van der Waals surface area contributed by atoms with Crippen molar-refractivity contribution in [2.75, 3.05) is 19.4 Å². The van der Waals surface area contributed by atoms with Crippen molar-refractivity contribution in [1.29, 1.82) is 0 Å². The topological polar surface area (TPSA) is 97.2 Å². The number of hydrogen-bond donors (Lipinski definition) is 3. The maximum absolute atomic E-state index is 12.2. The average Bonchev–Trinajstić information content (AvgIpc) is 2.79. The number of nitrogens with two attached hydrogens (primary N) is 1. The molecule has 6 nitrogen and oxygen atoms in total. The lowest BCUT2D eigenvalue weighted by molar-refractivity contribution is 0.122. The summed E-state index contributed by atoms with van der Waals surface area (Å²) in [7, 11) is -2.05. The second kappa shape index (κ2) is 5.20. The van der Waals surface area contributed by atoms with E-state index in [1.54, 1.807) is 25.1 Å². The SMILES string of the molecule is COC(C)CNS(=O)(=O)c1c[nH]c2ccc(N)cc12. The summed E-state index contributed by atoms with van der Waals surface area (Å²) in [5.74, 6) is 0. The number of benzene rings is 1. The van der Waals surface area contributed by atoms with Crippen LogP contribution in [0.25, 0.3) is 10.9 Å². The number of anilines is 1. The number of nitrogen functional groups attached to an aromatic ring is 1. The number of aromatic amines is 1. The minimum Gasteiger partial charge on any atom is -0.399 e. The predicted octanol–water partition coefficient (Wildman–Crippen LogP) is 1.06. The smallest absolute Gasteiger partial charge is 0.242 e. The lowest BCUT2D eigenvalue weighted by atomic mass is 10.2. The van der Waals surface area contributed by atoms with Crippen molar-refractivity contribution in [1.82, 2.24) is 9.71 Å². The molecule has 0 aliphatic carbocycles. The normalized spacial score (nSPS) is 13.8. The molecule has 0 bridgehead atoms. The maximum Gasteiger partial charge on any atom is 0.242 e. The van der Waals surface area contributed by atoms with Crippen LogP contribution in [0.3, 0.4) is 0 Å². The molecule has 1 aromatic carbocycles. The van der Waals surface area contributed by atoms with Crippen LogP contribution in [0.1, 0.15) is 6.92 Å². The van der Waals surface area contributed by atoms with Crippen LogP contribution in [-0.2, 0) is 14.8 Å². The highest BCUT2D eigenvalue weighted by Gasteiger charge is 2.19. The van der Waals surface area contributed by atoms with E-state index in [9.17, 15) is 8.42 Å². The summed E-state index contributed by atoms with van der Waals surface area (Å²) in [5.41, 5.74) is 6.94. The lowest BCUT2D eigenvalue weighted by Crippen LogP contribution is -2.31. The van der Waals surface area contributed by atoms with Gasteiger partial charge in [0.1, 0.15) is 4.90 Å². The molecule has 2 rings (SSSR count). The molecule has 0 fully saturated rings. The molecule has 1 heterocycles. The van der Waals surface area contributed by atoms with E-state index in [1.807, 2.05) is 0 Å². The first kappa shape index (κ1) is 13.9. The van der Waals surface area contributed by atoms with Crippen LogP contribution in [0.15, 0.2) is 29.3 Å². The first-order valence-electron chi connectivity index (χ1n) is 5.83. The first-order chi connectivity index (χ1) is 8.94. The van der Waals surface area contributed by atoms with Gasteiger partial charge in [-0.05, 0) is 25.1 Å². The number of hydrogen-bond acceptors (Lipinski definition) is 4. The van der Waals surface area contributed by atoms with Gasteiger partial charge in [-0.25, -0.2) is 13.1 Å². The molecule has 19 heavy (non-hydrogen) atoms. The Morgan fingerprint density at radius 3 is 2.89 bits per heavy atom. The number of H-pyrrole nitrogens is 1. The number of methoxy groups -OCH3 is 1. The van der Waals surface area contributed by atoms with E-state index < -0.39 is 10.0 Å². The number of rotatable bonds is 5. The zero-order valence-electron chi connectivity index (χ0n) is 10.8. The Kier molecular flexibility index (Phi) is 3.79. The zero-order valence-corrected chi connectivity index (χ0v) is 11.6. The van der Waals surface area contributed by atoms with Crippen molar-refractivity contribution in [2.24, 2.45) is 0 Å². The van der Waals surface area contributed by atoms with Gasteiger partial charge in [-0.2, -0.15) is 0 Å². The van der Waals surface area contributed by atoms with E-state index in [4.69, 9.17) is 10.5 Å². The summed E-state index contributed by atoms with van der Waals surface area (Å²) in [6.45, 7) is 2.00. The van der Waals surface area contributed by atoms with Crippen molar-refractivity contribution >= 4 is 26.6 Å². The van der Waals surface area contributed by atoms with Gasteiger partial charge >= 0.3 is 0 Å². The van der Waals surface area contributed by atoms with Crippen molar-refractivity contribution in [3.05, 3.63) is 24.4 Å². The lowest BCUT2D eigenvalue weighted by Gasteiger charge is -2.10. The van der Waals surface area contributed by atoms with Gasteiger partial charge in [-0.1, -0.05) is 0 Å². The highest BCUT2D eigenvalue weighted by atomic mass is 32.2. The number of fused-ring (bicyclic) bond motifs is 1. The molecule has 0 aliphatic rings. The second-order valence-electron chi connectivity index (χ2n) is 4.36. The van der Waals surface area contributed by atoms with Crippen LogP contribution in [-0.4, -0.2) is 33.2 Å². The molecule has 0 aliphatic heterocycles. The summed E-state index contributed by atoms with van der Waals surface area (Å²) in [4.78, 5) is 3.11. The standard InChI is InChI=1S/C12H17N3O3S/c1-8(18-2)6-15-19(16,17)12-7-14-11-4-3-9(13)5-10(11)12/h3-5,7-8,14-15H,6,13H2,1-2H3. The van der Waals surface area contributed by atoms with Crippen molar-refractivity contribution in [2.45, 2.75) is 17.9 Å². The molecular formula is C12H17N3O3S. The van der Waals surface area contributed by atoms with Gasteiger partial charge in [-0.15, -0.1) is 0 Å². The zero-order chi connectivity index (χ0) is 14.0. The Hall–Kier alpha value is -1.57. The number of sulfonamides is 1. The van der Waals surface area contributed by atoms with Crippen molar-refractivity contribution < 1.29 is 13.2 Å². The van der Waals surface area contributed by atoms with Crippen LogP contribution < -0.4 is 10.5 Å². The van der Waals surface area contributed by atoms with Crippen LogP contribution in [0.5, 0.6) is 0 Å². The summed E-state index contributed by atoms with van der Waals surface area (Å²) in [6, 6.07) is 5.11. The highest BCUT2D eigenvalue weighted by Crippen LogP contribution is 2.24. The van der Waals surface area contributed by atoms with Gasteiger partial charge in [0.15, 0.2) is 0 Å². The monoisotopic (exact) mass is 283 g/mol. The number of ether oxygens (including phenoxy) is 1. The molecule has 104 valence electrons. The second-order valence-corrected chi connectivity index (χ2v) is 6.09. The van der Waals surface area contributed by atoms with Gasteiger partial charge in [0.2, 0.25) is 10.0 Å². The quantitative estimate of drug-likeness (QED) is 0.715. The third kappa shape index (κ3) is 2.89. The van der Waals surface area contributed by atoms with Gasteiger partial charge < -0.3 is 15.5 Å². The number of aromatic nitrogens is 1. The third-order valence-electron chi connectivity index (χ3n) is 2.92. The van der Waals surface area contributed by atoms with Gasteiger partial charge in [-0.3, -0.25) is 0 Å². The first-order valence-corrected chi connectivity index (χ1v) is 7.31. The number of nitrogens with one attached hydrogen (secondary N) is 2. The molecule has 1 unspecified atom stereocenters. The van der Waals surface area contributed by atoms with Crippen molar-refractivity contribution in [3.63, 3.8) is 0 Å². The minimum absolute atomic E-state index is 0.190. The van der Waals surface area contributed by atoms with Gasteiger partial charge in [0, 0.05) is 36.4 Å². The van der Waals surface area contributed by atoms with Crippen LogP contribution in [0, 0.1) is 0 Å². The summed E-state index contributed by atoms with van der Waals surface area (Å²) in [5, 5.41) is 0.581. The maximum atomic E-state index is 12.2. The molecule has 1 aromatic heterocycles. The Labute approximate surface area is 112 Å². The third-order valence-corrected chi connectivity index (χ3v) is 4.38. The highest BCUT2D eigenvalue weighted by molar-refractivity contribution is 7.89. The molecule has 0 saturated carbocycles. The molecule has 2 aromatic rings. The van der Waals surface area contributed by atoms with E-state index >= 15 is 0 Å². The molecule has 0 amide bonds. The largest absolute Gasteiger partial charge is 0.399 e. The average molecular weight is 283 g/mol. The molecule has 1 atom stereocenters. The summed E-state index contributed by atoms with van der Waals surface area (Å²) < 4.78 is 31.9. The molecule has 7 heteroatoms. The van der Waals surface area contributed by atoms with E-state index in [0.717, 1.165) is 5.52 Å². The fourth-order valence-electron chi connectivity index (χ4n) is 1.72. The Balaban J connectivity index is 2.35.